The van der Waals surface area contributed by atoms with E-state index in [4.69, 9.17) is 16.3 Å². The molecule has 0 aliphatic carbocycles. The van der Waals surface area contributed by atoms with Gasteiger partial charge in [-0.25, -0.2) is 0 Å². The molecule has 0 radical (unpaired) electrons. The number of hydrogen-bond acceptors (Lipinski definition) is 1. The van der Waals surface area contributed by atoms with Crippen molar-refractivity contribution in [2.45, 2.75) is 31.5 Å². The van der Waals surface area contributed by atoms with Gasteiger partial charge in [0.05, 0.1) is 0 Å². The normalized spacial score (nSPS) is 12.2. The molecule has 0 saturated heterocycles. The quantitative estimate of drug-likeness (QED) is 0.554. The van der Waals surface area contributed by atoms with E-state index in [1.54, 1.807) is 0 Å². The van der Waals surface area contributed by atoms with E-state index in [-0.39, 0.29) is 0 Å². The fourth-order valence-corrected chi connectivity index (χ4v) is 2.68. The van der Waals surface area contributed by atoms with Crippen molar-refractivity contribution < 1.29 is 4.74 Å². The number of ether oxygens (including phenoxy) is 1. The van der Waals surface area contributed by atoms with Crippen LogP contribution < -0.4 is 4.74 Å². The van der Waals surface area contributed by atoms with Gasteiger partial charge in [0, 0.05) is 15.9 Å². The Morgan fingerprint density at radius 1 is 1.15 bits per heavy atom. The van der Waals surface area contributed by atoms with Crippen LogP contribution in [0.5, 0.6) is 11.5 Å². The summed E-state index contributed by atoms with van der Waals surface area (Å²) in [6.07, 6.45) is 1.08. The standard InChI is InChI=1S/C17H18BrClO/c1-3-12(2)15-6-4-5-7-16(15)20-17-10-14(19)9-8-13(17)11-18/h4-10,12H,3,11H2,1-2H3. The zero-order chi connectivity index (χ0) is 14.5. The molecule has 0 aliphatic heterocycles. The van der Waals surface area contributed by atoms with E-state index in [1.807, 2.05) is 30.3 Å². The number of benzene rings is 2. The first-order chi connectivity index (χ1) is 9.65. The zero-order valence-corrected chi connectivity index (χ0v) is 14.0. The van der Waals surface area contributed by atoms with Crippen LogP contribution in [0.3, 0.4) is 0 Å². The molecule has 0 fully saturated rings. The van der Waals surface area contributed by atoms with Crippen molar-refractivity contribution in [2.24, 2.45) is 0 Å². The second-order valence-electron chi connectivity index (χ2n) is 4.83. The molecular formula is C17H18BrClO. The Morgan fingerprint density at radius 3 is 2.60 bits per heavy atom. The molecule has 2 aromatic rings. The van der Waals surface area contributed by atoms with Crippen LogP contribution in [0.15, 0.2) is 42.5 Å². The van der Waals surface area contributed by atoms with Crippen LogP contribution in [0.1, 0.15) is 37.3 Å². The average Bonchev–Trinajstić information content (AvgIpc) is 2.47. The predicted molar refractivity (Wildman–Crippen MR) is 89.3 cm³/mol. The van der Waals surface area contributed by atoms with Crippen molar-refractivity contribution in [2.75, 3.05) is 0 Å². The fraction of sp³-hybridized carbons (Fsp3) is 0.294. The maximum absolute atomic E-state index is 6.12. The molecule has 0 spiro atoms. The summed E-state index contributed by atoms with van der Waals surface area (Å²) < 4.78 is 6.12. The lowest BCUT2D eigenvalue weighted by Crippen LogP contribution is -1.97. The minimum atomic E-state index is 0.470. The van der Waals surface area contributed by atoms with E-state index in [9.17, 15) is 0 Å². The smallest absolute Gasteiger partial charge is 0.132 e. The minimum Gasteiger partial charge on any atom is -0.457 e. The van der Waals surface area contributed by atoms with Crippen molar-refractivity contribution in [3.8, 4) is 11.5 Å². The fourth-order valence-electron chi connectivity index (χ4n) is 2.05. The molecule has 1 nitrogen and oxygen atoms in total. The maximum atomic E-state index is 6.12. The lowest BCUT2D eigenvalue weighted by Gasteiger charge is -2.17. The molecular weight excluding hydrogens is 336 g/mol. The van der Waals surface area contributed by atoms with E-state index in [1.165, 1.54) is 5.56 Å². The van der Waals surface area contributed by atoms with Crippen molar-refractivity contribution >= 4 is 27.5 Å². The molecule has 3 heteroatoms. The molecule has 2 rings (SSSR count). The Bertz CT molecular complexity index is 583. The summed E-state index contributed by atoms with van der Waals surface area (Å²) in [4.78, 5) is 0. The Balaban J connectivity index is 2.37. The van der Waals surface area contributed by atoms with Crippen LogP contribution in [-0.4, -0.2) is 0 Å². The molecule has 2 aromatic carbocycles. The summed E-state index contributed by atoms with van der Waals surface area (Å²) >= 11 is 9.56. The van der Waals surface area contributed by atoms with Gasteiger partial charge >= 0.3 is 0 Å². The molecule has 0 bridgehead atoms. The molecule has 20 heavy (non-hydrogen) atoms. The summed E-state index contributed by atoms with van der Waals surface area (Å²) in [5.74, 6) is 2.19. The molecule has 0 saturated carbocycles. The number of halogens is 2. The first-order valence-corrected chi connectivity index (χ1v) is 8.26. The van der Waals surface area contributed by atoms with Gasteiger partial charge in [-0.2, -0.15) is 0 Å². The number of para-hydroxylation sites is 1. The predicted octanol–water partition coefficient (Wildman–Crippen LogP) is 6.54. The first kappa shape index (κ1) is 15.4. The number of alkyl halides is 1. The van der Waals surface area contributed by atoms with Crippen LogP contribution in [0.4, 0.5) is 0 Å². The van der Waals surface area contributed by atoms with Crippen LogP contribution in [0, 0.1) is 0 Å². The van der Waals surface area contributed by atoms with Crippen molar-refractivity contribution in [1.82, 2.24) is 0 Å². The molecule has 106 valence electrons. The van der Waals surface area contributed by atoms with Gasteiger partial charge in [-0.05, 0) is 36.1 Å². The largest absolute Gasteiger partial charge is 0.457 e. The molecule has 0 aromatic heterocycles. The lowest BCUT2D eigenvalue weighted by atomic mass is 9.98. The third-order valence-corrected chi connectivity index (χ3v) is 4.29. The lowest BCUT2D eigenvalue weighted by molar-refractivity contribution is 0.466. The van der Waals surface area contributed by atoms with Gasteiger partial charge in [0.2, 0.25) is 0 Å². The summed E-state index contributed by atoms with van der Waals surface area (Å²) in [5, 5.41) is 1.43. The molecule has 0 heterocycles. The summed E-state index contributed by atoms with van der Waals surface area (Å²) in [5.41, 5.74) is 2.32. The van der Waals surface area contributed by atoms with Crippen molar-refractivity contribution in [3.05, 3.63) is 58.6 Å². The molecule has 0 amide bonds. The van der Waals surface area contributed by atoms with Crippen LogP contribution in [0.2, 0.25) is 5.02 Å². The van der Waals surface area contributed by atoms with Crippen molar-refractivity contribution in [3.63, 3.8) is 0 Å². The van der Waals surface area contributed by atoms with Crippen LogP contribution in [-0.2, 0) is 5.33 Å². The average molecular weight is 354 g/mol. The third kappa shape index (κ3) is 3.56. The topological polar surface area (TPSA) is 9.23 Å². The Morgan fingerprint density at radius 2 is 1.90 bits per heavy atom. The Hall–Kier alpha value is -0.990. The third-order valence-electron chi connectivity index (χ3n) is 3.46. The van der Waals surface area contributed by atoms with E-state index < -0.39 is 0 Å². The SMILES string of the molecule is CCC(C)c1ccccc1Oc1cc(Cl)ccc1CBr. The van der Waals surface area contributed by atoms with Gasteiger partial charge in [-0.1, -0.05) is 65.6 Å². The van der Waals surface area contributed by atoms with Crippen LogP contribution in [0.25, 0.3) is 0 Å². The highest BCUT2D eigenvalue weighted by atomic mass is 79.9. The first-order valence-electron chi connectivity index (χ1n) is 6.76. The van der Waals surface area contributed by atoms with E-state index in [2.05, 4.69) is 41.9 Å². The molecule has 1 unspecified atom stereocenters. The summed E-state index contributed by atoms with van der Waals surface area (Å²) in [7, 11) is 0. The monoisotopic (exact) mass is 352 g/mol. The van der Waals surface area contributed by atoms with E-state index in [0.717, 1.165) is 28.8 Å². The highest BCUT2D eigenvalue weighted by Crippen LogP contribution is 2.35. The zero-order valence-electron chi connectivity index (χ0n) is 11.7. The van der Waals surface area contributed by atoms with Gasteiger partial charge in [-0.15, -0.1) is 0 Å². The summed E-state index contributed by atoms with van der Waals surface area (Å²) in [6, 6.07) is 13.9. The highest BCUT2D eigenvalue weighted by molar-refractivity contribution is 9.08. The minimum absolute atomic E-state index is 0.470. The number of hydrogen-bond donors (Lipinski definition) is 0. The van der Waals surface area contributed by atoms with Crippen LogP contribution >= 0.6 is 27.5 Å². The Labute approximate surface area is 134 Å². The van der Waals surface area contributed by atoms with E-state index >= 15 is 0 Å². The maximum Gasteiger partial charge on any atom is 0.132 e. The second kappa shape index (κ2) is 7.14. The molecule has 1 atom stereocenters. The van der Waals surface area contributed by atoms with Gasteiger partial charge in [0.25, 0.3) is 0 Å². The van der Waals surface area contributed by atoms with Crippen molar-refractivity contribution in [1.29, 1.82) is 0 Å². The molecule has 0 aliphatic rings. The molecule has 0 N–H and O–H groups in total. The second-order valence-corrected chi connectivity index (χ2v) is 5.83. The van der Waals surface area contributed by atoms with Gasteiger partial charge < -0.3 is 4.74 Å². The van der Waals surface area contributed by atoms with E-state index in [0.29, 0.717) is 10.9 Å². The van der Waals surface area contributed by atoms with Gasteiger partial charge in [0.1, 0.15) is 11.5 Å². The highest BCUT2D eigenvalue weighted by Gasteiger charge is 2.12. The Kier molecular flexibility index (Phi) is 5.50. The van der Waals surface area contributed by atoms with Gasteiger partial charge in [0.15, 0.2) is 0 Å². The summed E-state index contributed by atoms with van der Waals surface area (Å²) in [6.45, 7) is 4.40. The number of rotatable bonds is 5. The van der Waals surface area contributed by atoms with Gasteiger partial charge in [-0.3, -0.25) is 0 Å².